The summed E-state index contributed by atoms with van der Waals surface area (Å²) in [5.41, 5.74) is 1.25. The molecule has 1 N–H and O–H groups in total. The van der Waals surface area contributed by atoms with Crippen LogP contribution in [0, 0.1) is 0 Å². The number of ether oxygens (including phenoxy) is 1. The lowest BCUT2D eigenvalue weighted by molar-refractivity contribution is -0.133. The Balaban J connectivity index is 1.96. The lowest BCUT2D eigenvalue weighted by Gasteiger charge is -2.27. The number of carbonyl (C=O) groups is 1. The van der Waals surface area contributed by atoms with Crippen molar-refractivity contribution in [3.63, 3.8) is 0 Å². The van der Waals surface area contributed by atoms with Gasteiger partial charge in [0.2, 0.25) is 0 Å². The molecule has 0 aliphatic carbocycles. The first-order valence-corrected chi connectivity index (χ1v) is 7.70. The number of rotatable bonds is 3. The maximum Gasteiger partial charge on any atom is 0.323 e. The van der Waals surface area contributed by atoms with Gasteiger partial charge in [-0.2, -0.15) is 5.06 Å². The SMILES string of the molecule is CC(I)C(=O)Oc1ccc(C2CCN(O)CC2)cc1. The first-order chi connectivity index (χ1) is 9.06. The average molecular weight is 375 g/mol. The van der Waals surface area contributed by atoms with Crippen molar-refractivity contribution in [1.82, 2.24) is 5.06 Å². The number of alkyl halides is 1. The van der Waals surface area contributed by atoms with Crippen molar-refractivity contribution >= 4 is 28.6 Å². The van der Waals surface area contributed by atoms with E-state index in [1.54, 1.807) is 6.92 Å². The molecule has 1 aromatic rings. The van der Waals surface area contributed by atoms with Gasteiger partial charge < -0.3 is 9.94 Å². The number of halogens is 1. The molecule has 1 heterocycles. The molecule has 1 aliphatic rings. The van der Waals surface area contributed by atoms with Crippen LogP contribution in [-0.4, -0.2) is 33.3 Å². The van der Waals surface area contributed by atoms with Gasteiger partial charge >= 0.3 is 5.97 Å². The van der Waals surface area contributed by atoms with Crippen molar-refractivity contribution in [2.24, 2.45) is 0 Å². The Hall–Kier alpha value is -0.660. The van der Waals surface area contributed by atoms with Gasteiger partial charge in [0.05, 0.1) is 0 Å². The van der Waals surface area contributed by atoms with Crippen LogP contribution in [0.3, 0.4) is 0 Å². The van der Waals surface area contributed by atoms with Crippen molar-refractivity contribution < 1.29 is 14.7 Å². The Kier molecular flexibility index (Phi) is 5.18. The molecule has 1 saturated heterocycles. The summed E-state index contributed by atoms with van der Waals surface area (Å²) in [7, 11) is 0. The lowest BCUT2D eigenvalue weighted by atomic mass is 9.90. The Morgan fingerprint density at radius 3 is 2.47 bits per heavy atom. The van der Waals surface area contributed by atoms with E-state index in [-0.39, 0.29) is 9.89 Å². The zero-order valence-electron chi connectivity index (χ0n) is 10.9. The second kappa shape index (κ2) is 6.67. The van der Waals surface area contributed by atoms with Crippen molar-refractivity contribution in [2.45, 2.75) is 29.6 Å². The zero-order chi connectivity index (χ0) is 13.8. The third-order valence-electron chi connectivity index (χ3n) is 3.37. The van der Waals surface area contributed by atoms with Gasteiger partial charge in [0.1, 0.15) is 9.67 Å². The van der Waals surface area contributed by atoms with Gasteiger partial charge in [-0.05, 0) is 43.4 Å². The topological polar surface area (TPSA) is 49.8 Å². The van der Waals surface area contributed by atoms with Gasteiger partial charge in [-0.1, -0.05) is 34.7 Å². The molecule has 0 radical (unpaired) electrons. The highest BCUT2D eigenvalue weighted by atomic mass is 127. The van der Waals surface area contributed by atoms with Crippen LogP contribution in [0.15, 0.2) is 24.3 Å². The number of piperidine rings is 1. The highest BCUT2D eigenvalue weighted by Gasteiger charge is 2.19. The van der Waals surface area contributed by atoms with Crippen LogP contribution in [0.1, 0.15) is 31.2 Å². The van der Waals surface area contributed by atoms with E-state index >= 15 is 0 Å². The minimum atomic E-state index is -0.220. The Morgan fingerprint density at radius 1 is 1.37 bits per heavy atom. The molecule has 19 heavy (non-hydrogen) atoms. The summed E-state index contributed by atoms with van der Waals surface area (Å²) in [5, 5.41) is 10.7. The van der Waals surface area contributed by atoms with Crippen LogP contribution in [0.5, 0.6) is 5.75 Å². The minimum absolute atomic E-state index is 0.147. The fraction of sp³-hybridized carbons (Fsp3) is 0.500. The minimum Gasteiger partial charge on any atom is -0.426 e. The molecule has 1 aliphatic heterocycles. The van der Waals surface area contributed by atoms with Gasteiger partial charge in [0.25, 0.3) is 0 Å². The average Bonchev–Trinajstić information content (AvgIpc) is 2.40. The largest absolute Gasteiger partial charge is 0.426 e. The molecule has 1 aromatic carbocycles. The van der Waals surface area contributed by atoms with E-state index in [2.05, 4.69) is 0 Å². The van der Waals surface area contributed by atoms with Gasteiger partial charge in [-0.25, -0.2) is 0 Å². The molecule has 0 spiro atoms. The summed E-state index contributed by atoms with van der Waals surface area (Å²) in [6.45, 7) is 3.24. The summed E-state index contributed by atoms with van der Waals surface area (Å²) in [6, 6.07) is 7.71. The summed E-state index contributed by atoms with van der Waals surface area (Å²) < 4.78 is 5.09. The number of benzene rings is 1. The van der Waals surface area contributed by atoms with Crippen molar-refractivity contribution in [2.75, 3.05) is 13.1 Å². The smallest absolute Gasteiger partial charge is 0.323 e. The molecule has 104 valence electrons. The van der Waals surface area contributed by atoms with Crippen LogP contribution in [-0.2, 0) is 4.79 Å². The number of hydrogen-bond acceptors (Lipinski definition) is 4. The van der Waals surface area contributed by atoms with Crippen LogP contribution in [0.25, 0.3) is 0 Å². The quantitative estimate of drug-likeness (QED) is 0.382. The summed E-state index contributed by atoms with van der Waals surface area (Å²) in [5.74, 6) is 0.857. The van der Waals surface area contributed by atoms with Crippen molar-refractivity contribution in [3.8, 4) is 5.75 Å². The van der Waals surface area contributed by atoms with Crippen molar-refractivity contribution in [1.29, 1.82) is 0 Å². The molecule has 1 unspecified atom stereocenters. The van der Waals surface area contributed by atoms with Crippen LogP contribution in [0.4, 0.5) is 0 Å². The third-order valence-corrected chi connectivity index (χ3v) is 3.87. The fourth-order valence-electron chi connectivity index (χ4n) is 2.20. The van der Waals surface area contributed by atoms with Crippen LogP contribution in [0.2, 0.25) is 0 Å². The molecular formula is C14H18INO3. The maximum atomic E-state index is 11.5. The number of esters is 1. The zero-order valence-corrected chi connectivity index (χ0v) is 13.0. The van der Waals surface area contributed by atoms with Gasteiger partial charge in [-0.15, -0.1) is 0 Å². The Labute approximate surface area is 126 Å². The van der Waals surface area contributed by atoms with E-state index in [4.69, 9.17) is 4.74 Å². The van der Waals surface area contributed by atoms with Gasteiger partial charge in [0, 0.05) is 13.1 Å². The first kappa shape index (κ1) is 14.7. The molecule has 4 nitrogen and oxygen atoms in total. The number of hydrogen-bond donors (Lipinski definition) is 1. The predicted molar refractivity (Wildman–Crippen MR) is 80.9 cm³/mol. The third kappa shape index (κ3) is 4.15. The molecule has 0 saturated carbocycles. The standard InChI is InChI=1S/C14H18INO3/c1-10(15)14(17)19-13-4-2-11(3-5-13)12-6-8-16(18)9-7-12/h2-5,10,12,18H,6-9H2,1H3. The van der Waals surface area contributed by atoms with E-state index in [1.807, 2.05) is 46.9 Å². The van der Waals surface area contributed by atoms with E-state index in [1.165, 1.54) is 10.6 Å². The molecular weight excluding hydrogens is 357 g/mol. The predicted octanol–water partition coefficient (Wildman–Crippen LogP) is 2.98. The van der Waals surface area contributed by atoms with E-state index in [0.29, 0.717) is 24.8 Å². The van der Waals surface area contributed by atoms with Gasteiger partial charge in [-0.3, -0.25) is 4.79 Å². The number of carbonyl (C=O) groups excluding carboxylic acids is 1. The Bertz CT molecular complexity index is 425. The van der Waals surface area contributed by atoms with Crippen molar-refractivity contribution in [3.05, 3.63) is 29.8 Å². The summed E-state index contributed by atoms with van der Waals surface area (Å²) in [6.07, 6.45) is 1.92. The molecule has 5 heteroatoms. The van der Waals surface area contributed by atoms with Gasteiger partial charge in [0.15, 0.2) is 0 Å². The van der Waals surface area contributed by atoms with E-state index < -0.39 is 0 Å². The maximum absolute atomic E-state index is 11.5. The fourth-order valence-corrected chi connectivity index (χ4v) is 2.33. The van der Waals surface area contributed by atoms with Crippen LogP contribution >= 0.6 is 22.6 Å². The molecule has 1 atom stereocenters. The molecule has 2 rings (SSSR count). The molecule has 1 fully saturated rings. The van der Waals surface area contributed by atoms with E-state index in [0.717, 1.165) is 12.8 Å². The lowest BCUT2D eigenvalue weighted by Crippen LogP contribution is -2.29. The second-order valence-electron chi connectivity index (χ2n) is 4.83. The second-order valence-corrected chi connectivity index (χ2v) is 6.70. The van der Waals surface area contributed by atoms with E-state index in [9.17, 15) is 10.0 Å². The number of hydroxylamine groups is 2. The molecule has 0 aromatic heterocycles. The normalized spacial score (nSPS) is 19.1. The number of nitrogens with zero attached hydrogens (tertiary/aromatic N) is 1. The first-order valence-electron chi connectivity index (χ1n) is 6.46. The summed E-state index contributed by atoms with van der Waals surface area (Å²) >= 11 is 2.04. The molecule has 0 bridgehead atoms. The Morgan fingerprint density at radius 2 is 1.95 bits per heavy atom. The molecule has 0 amide bonds. The summed E-state index contributed by atoms with van der Waals surface area (Å²) in [4.78, 5) is 11.5. The highest BCUT2D eigenvalue weighted by Crippen LogP contribution is 2.28. The van der Waals surface area contributed by atoms with Crippen LogP contribution < -0.4 is 4.74 Å². The monoisotopic (exact) mass is 375 g/mol. The highest BCUT2D eigenvalue weighted by molar-refractivity contribution is 14.1.